The molecular formula is C16H23NO5. The monoisotopic (exact) mass is 309 g/mol. The summed E-state index contributed by atoms with van der Waals surface area (Å²) in [6.45, 7) is 3.15. The van der Waals surface area contributed by atoms with Gasteiger partial charge in [0, 0.05) is 25.6 Å². The van der Waals surface area contributed by atoms with Gasteiger partial charge in [0.1, 0.15) is 11.3 Å². The van der Waals surface area contributed by atoms with Crippen LogP contribution in [0.3, 0.4) is 0 Å². The number of hydrogen-bond donors (Lipinski definition) is 2. The first kappa shape index (κ1) is 16.5. The van der Waals surface area contributed by atoms with Crippen molar-refractivity contribution >= 4 is 11.9 Å². The zero-order chi connectivity index (χ0) is 15.9. The Labute approximate surface area is 129 Å². The van der Waals surface area contributed by atoms with E-state index < -0.39 is 5.97 Å². The molecule has 1 atom stereocenters. The first-order valence-corrected chi connectivity index (χ1v) is 7.87. The Balaban J connectivity index is 1.78. The molecule has 1 aromatic heterocycles. The second-order valence-corrected chi connectivity index (χ2v) is 5.49. The van der Waals surface area contributed by atoms with Gasteiger partial charge in [0.25, 0.3) is 5.91 Å². The van der Waals surface area contributed by atoms with Gasteiger partial charge >= 0.3 is 5.97 Å². The Bertz CT molecular complexity index is 517. The summed E-state index contributed by atoms with van der Waals surface area (Å²) < 4.78 is 10.9. The SMILES string of the molecule is CCc1oc(C(=O)NCCCC2CCCCO2)cc1C(=O)O. The van der Waals surface area contributed by atoms with Crippen LogP contribution in [0.1, 0.15) is 65.7 Å². The third kappa shape index (κ3) is 4.34. The van der Waals surface area contributed by atoms with Crippen LogP contribution in [-0.4, -0.2) is 36.2 Å². The number of nitrogens with one attached hydrogen (secondary N) is 1. The highest BCUT2D eigenvalue weighted by Gasteiger charge is 2.20. The van der Waals surface area contributed by atoms with Crippen LogP contribution in [0.5, 0.6) is 0 Å². The lowest BCUT2D eigenvalue weighted by Gasteiger charge is -2.22. The van der Waals surface area contributed by atoms with Crippen molar-refractivity contribution in [2.75, 3.05) is 13.2 Å². The second-order valence-electron chi connectivity index (χ2n) is 5.49. The number of ether oxygens (including phenoxy) is 1. The van der Waals surface area contributed by atoms with Crippen molar-refractivity contribution in [3.05, 3.63) is 23.2 Å². The van der Waals surface area contributed by atoms with Gasteiger partial charge in [-0.15, -0.1) is 0 Å². The van der Waals surface area contributed by atoms with E-state index in [1.165, 1.54) is 12.5 Å². The fourth-order valence-corrected chi connectivity index (χ4v) is 2.64. The molecule has 0 saturated carbocycles. The van der Waals surface area contributed by atoms with E-state index in [9.17, 15) is 9.59 Å². The fraction of sp³-hybridized carbons (Fsp3) is 0.625. The van der Waals surface area contributed by atoms with E-state index in [1.54, 1.807) is 6.92 Å². The number of amides is 1. The van der Waals surface area contributed by atoms with E-state index in [4.69, 9.17) is 14.3 Å². The summed E-state index contributed by atoms with van der Waals surface area (Å²) in [7, 11) is 0. The lowest BCUT2D eigenvalue weighted by molar-refractivity contribution is 0.0102. The van der Waals surface area contributed by atoms with E-state index in [2.05, 4.69) is 5.32 Å². The summed E-state index contributed by atoms with van der Waals surface area (Å²) in [5.74, 6) is -1.06. The van der Waals surface area contributed by atoms with Crippen LogP contribution in [0.15, 0.2) is 10.5 Å². The molecule has 1 aliphatic heterocycles. The second kappa shape index (κ2) is 7.98. The number of aromatic carboxylic acids is 1. The molecule has 1 unspecified atom stereocenters. The number of furan rings is 1. The van der Waals surface area contributed by atoms with Gasteiger partial charge in [-0.2, -0.15) is 0 Å². The molecule has 0 spiro atoms. The molecular weight excluding hydrogens is 286 g/mol. The number of hydrogen-bond acceptors (Lipinski definition) is 4. The van der Waals surface area contributed by atoms with Crippen molar-refractivity contribution in [1.82, 2.24) is 5.32 Å². The molecule has 122 valence electrons. The largest absolute Gasteiger partial charge is 0.478 e. The number of carboxylic acids is 1. The zero-order valence-corrected chi connectivity index (χ0v) is 12.9. The Hall–Kier alpha value is -1.82. The third-order valence-corrected chi connectivity index (χ3v) is 3.85. The first-order chi connectivity index (χ1) is 10.6. The van der Waals surface area contributed by atoms with Crippen molar-refractivity contribution in [3.8, 4) is 0 Å². The van der Waals surface area contributed by atoms with Gasteiger partial charge in [-0.05, 0) is 32.1 Å². The molecule has 2 N–H and O–H groups in total. The molecule has 0 aromatic carbocycles. The van der Waals surface area contributed by atoms with Crippen LogP contribution in [0.4, 0.5) is 0 Å². The molecule has 1 aliphatic rings. The summed E-state index contributed by atoms with van der Waals surface area (Å²) in [5, 5.41) is 11.8. The Morgan fingerprint density at radius 3 is 2.82 bits per heavy atom. The quantitative estimate of drug-likeness (QED) is 0.756. The molecule has 0 aliphatic carbocycles. The molecule has 1 aromatic rings. The lowest BCUT2D eigenvalue weighted by Crippen LogP contribution is -2.26. The topological polar surface area (TPSA) is 88.8 Å². The molecule has 0 radical (unpaired) electrons. The Morgan fingerprint density at radius 2 is 2.23 bits per heavy atom. The predicted octanol–water partition coefficient (Wildman–Crippen LogP) is 2.62. The van der Waals surface area contributed by atoms with E-state index in [0.717, 1.165) is 32.3 Å². The Kier molecular flexibility index (Phi) is 6.00. The molecule has 6 nitrogen and oxygen atoms in total. The maximum Gasteiger partial charge on any atom is 0.339 e. The van der Waals surface area contributed by atoms with E-state index in [1.807, 2.05) is 0 Å². The zero-order valence-electron chi connectivity index (χ0n) is 12.9. The molecule has 1 saturated heterocycles. The van der Waals surface area contributed by atoms with Crippen LogP contribution < -0.4 is 5.32 Å². The molecule has 6 heteroatoms. The van der Waals surface area contributed by atoms with Gasteiger partial charge in [-0.25, -0.2) is 4.79 Å². The van der Waals surface area contributed by atoms with Crippen molar-refractivity contribution < 1.29 is 23.8 Å². The van der Waals surface area contributed by atoms with E-state index in [0.29, 0.717) is 24.8 Å². The molecule has 1 amide bonds. The number of carbonyl (C=O) groups is 2. The van der Waals surface area contributed by atoms with Gasteiger partial charge in [-0.1, -0.05) is 6.92 Å². The number of carboxylic acid groups (broad SMARTS) is 1. The highest BCUT2D eigenvalue weighted by atomic mass is 16.5. The summed E-state index contributed by atoms with van der Waals surface area (Å²) >= 11 is 0. The fourth-order valence-electron chi connectivity index (χ4n) is 2.64. The molecule has 1 fully saturated rings. The highest BCUT2D eigenvalue weighted by molar-refractivity contribution is 5.96. The molecule has 2 heterocycles. The van der Waals surface area contributed by atoms with Crippen molar-refractivity contribution in [3.63, 3.8) is 0 Å². The van der Waals surface area contributed by atoms with Crippen molar-refractivity contribution in [2.24, 2.45) is 0 Å². The summed E-state index contributed by atoms with van der Waals surface area (Å²) in [6, 6.07) is 1.29. The van der Waals surface area contributed by atoms with Gasteiger partial charge in [0.2, 0.25) is 0 Å². The van der Waals surface area contributed by atoms with E-state index >= 15 is 0 Å². The minimum absolute atomic E-state index is 0.0585. The number of aryl methyl sites for hydroxylation is 1. The maximum atomic E-state index is 12.0. The number of carbonyl (C=O) groups excluding carboxylic acids is 1. The average molecular weight is 309 g/mol. The standard InChI is InChI=1S/C16H23NO5/c1-2-13-12(16(19)20)10-14(22-13)15(18)17-8-5-7-11-6-3-4-9-21-11/h10-11H,2-9H2,1H3,(H,17,18)(H,19,20). The van der Waals surface area contributed by atoms with Gasteiger partial charge < -0.3 is 19.6 Å². The van der Waals surface area contributed by atoms with Crippen LogP contribution in [0, 0.1) is 0 Å². The predicted molar refractivity (Wildman–Crippen MR) is 80.2 cm³/mol. The molecule has 2 rings (SSSR count). The maximum absolute atomic E-state index is 12.0. The molecule has 22 heavy (non-hydrogen) atoms. The van der Waals surface area contributed by atoms with Gasteiger partial charge in [-0.3, -0.25) is 4.79 Å². The van der Waals surface area contributed by atoms with Crippen LogP contribution in [0.2, 0.25) is 0 Å². The summed E-state index contributed by atoms with van der Waals surface area (Å²) in [6.07, 6.45) is 5.95. The minimum Gasteiger partial charge on any atom is -0.478 e. The van der Waals surface area contributed by atoms with Crippen molar-refractivity contribution in [2.45, 2.75) is 51.6 Å². The summed E-state index contributed by atoms with van der Waals surface area (Å²) in [5.41, 5.74) is 0.0586. The summed E-state index contributed by atoms with van der Waals surface area (Å²) in [4.78, 5) is 23.0. The van der Waals surface area contributed by atoms with Crippen LogP contribution in [-0.2, 0) is 11.2 Å². The third-order valence-electron chi connectivity index (χ3n) is 3.85. The minimum atomic E-state index is -1.07. The van der Waals surface area contributed by atoms with Crippen LogP contribution in [0.25, 0.3) is 0 Å². The Morgan fingerprint density at radius 1 is 1.41 bits per heavy atom. The molecule has 0 bridgehead atoms. The van der Waals surface area contributed by atoms with E-state index in [-0.39, 0.29) is 17.2 Å². The number of rotatable bonds is 7. The lowest BCUT2D eigenvalue weighted by atomic mass is 10.0. The van der Waals surface area contributed by atoms with Crippen molar-refractivity contribution in [1.29, 1.82) is 0 Å². The first-order valence-electron chi connectivity index (χ1n) is 7.87. The van der Waals surface area contributed by atoms with Crippen LogP contribution >= 0.6 is 0 Å². The van der Waals surface area contributed by atoms with Gasteiger partial charge in [0.15, 0.2) is 5.76 Å². The smallest absolute Gasteiger partial charge is 0.339 e. The van der Waals surface area contributed by atoms with Gasteiger partial charge in [0.05, 0.1) is 6.10 Å². The average Bonchev–Trinajstić information content (AvgIpc) is 2.97. The normalized spacial score (nSPS) is 18.1. The highest BCUT2D eigenvalue weighted by Crippen LogP contribution is 2.18.